The number of aryl methyl sites for hydroxylation is 1. The number of anilines is 1. The van der Waals surface area contributed by atoms with Crippen LogP contribution in [0.25, 0.3) is 0 Å². The largest absolute Gasteiger partial charge is 0.420 e. The summed E-state index contributed by atoms with van der Waals surface area (Å²) in [6.07, 6.45) is 2.59. The molecule has 0 aliphatic carbocycles. The summed E-state index contributed by atoms with van der Waals surface area (Å²) in [5, 5.41) is 0. The summed E-state index contributed by atoms with van der Waals surface area (Å²) >= 11 is 0. The number of aromatic nitrogens is 2. The predicted molar refractivity (Wildman–Crippen MR) is 30.0 cm³/mol. The minimum Gasteiger partial charge on any atom is -0.420 e. The van der Waals surface area contributed by atoms with Crippen molar-refractivity contribution in [2.45, 2.75) is 6.92 Å². The Morgan fingerprint density at radius 3 is 2.18 bits per heavy atom. The molecule has 1 rings (SSSR count). The van der Waals surface area contributed by atoms with Crippen LogP contribution in [0.5, 0.6) is 0 Å². The van der Waals surface area contributed by atoms with Gasteiger partial charge in [0.2, 0.25) is 0 Å². The summed E-state index contributed by atoms with van der Waals surface area (Å²) in [7, 11) is 0. The van der Waals surface area contributed by atoms with Crippen molar-refractivity contribution >= 4 is 5.95 Å². The molecule has 11 heavy (non-hydrogen) atoms. The third-order valence-corrected chi connectivity index (χ3v) is 0.743. The van der Waals surface area contributed by atoms with E-state index in [1.54, 1.807) is 6.07 Å². The van der Waals surface area contributed by atoms with Crippen LogP contribution in [0.2, 0.25) is 0 Å². The fourth-order valence-corrected chi connectivity index (χ4v) is 0.430. The smallest absolute Gasteiger partial charge is 0.103 e. The van der Waals surface area contributed by atoms with Gasteiger partial charge in [-0.3, -0.25) is 0 Å². The summed E-state index contributed by atoms with van der Waals surface area (Å²) < 4.78 is 0. The SMILES string of the molecule is Cc1c[c-]nc(N)n1.[Y].[Y].[Y]. The van der Waals surface area contributed by atoms with Crippen LogP contribution >= 0.6 is 0 Å². The molecule has 6 heteroatoms. The first-order valence-corrected chi connectivity index (χ1v) is 2.26. The van der Waals surface area contributed by atoms with Gasteiger partial charge in [0.05, 0.1) is 0 Å². The average Bonchev–Trinajstić information content (AvgIpc) is 1.64. The van der Waals surface area contributed by atoms with Crippen LogP contribution in [0.15, 0.2) is 6.07 Å². The minimum atomic E-state index is 0. The van der Waals surface area contributed by atoms with Gasteiger partial charge in [-0.2, -0.15) is 0 Å². The van der Waals surface area contributed by atoms with E-state index in [0.29, 0.717) is 0 Å². The van der Waals surface area contributed by atoms with Gasteiger partial charge in [0.1, 0.15) is 5.95 Å². The molecule has 0 amide bonds. The van der Waals surface area contributed by atoms with Crippen molar-refractivity contribution in [3.63, 3.8) is 0 Å². The molecule has 0 spiro atoms. The Kier molecular flexibility index (Phi) is 17.6. The molecule has 0 bridgehead atoms. The molecule has 0 fully saturated rings. The van der Waals surface area contributed by atoms with Crippen LogP contribution in [-0.2, 0) is 98.1 Å². The first kappa shape index (κ1) is 18.9. The van der Waals surface area contributed by atoms with E-state index in [2.05, 4.69) is 16.2 Å². The van der Waals surface area contributed by atoms with Crippen molar-refractivity contribution in [3.8, 4) is 0 Å². The minimum absolute atomic E-state index is 0. The summed E-state index contributed by atoms with van der Waals surface area (Å²) in [6.45, 7) is 1.84. The van der Waals surface area contributed by atoms with Crippen molar-refractivity contribution in [3.05, 3.63) is 18.0 Å². The van der Waals surface area contributed by atoms with Crippen molar-refractivity contribution < 1.29 is 98.1 Å². The van der Waals surface area contributed by atoms with Gasteiger partial charge >= 0.3 is 0 Å². The molecule has 3 nitrogen and oxygen atoms in total. The summed E-state index contributed by atoms with van der Waals surface area (Å²) in [5.74, 6) is 0.282. The van der Waals surface area contributed by atoms with E-state index in [0.717, 1.165) is 5.69 Å². The first-order chi connectivity index (χ1) is 3.79. The molecule has 0 aromatic carbocycles. The van der Waals surface area contributed by atoms with Crippen molar-refractivity contribution in [1.82, 2.24) is 9.97 Å². The van der Waals surface area contributed by atoms with Gasteiger partial charge in [-0.1, -0.05) is 18.8 Å². The number of nitrogens with zero attached hydrogens (tertiary/aromatic N) is 2. The Bertz CT molecular complexity index is 177. The monoisotopic (exact) mass is 375 g/mol. The van der Waals surface area contributed by atoms with Gasteiger partial charge in [-0.25, -0.2) is 0 Å². The molecule has 2 N–H and O–H groups in total. The van der Waals surface area contributed by atoms with E-state index in [-0.39, 0.29) is 104 Å². The normalized spacial score (nSPS) is 6.64. The van der Waals surface area contributed by atoms with E-state index in [9.17, 15) is 0 Å². The third kappa shape index (κ3) is 8.52. The van der Waals surface area contributed by atoms with E-state index in [1.807, 2.05) is 6.92 Å². The van der Waals surface area contributed by atoms with Gasteiger partial charge in [0.25, 0.3) is 0 Å². The second-order valence-electron chi connectivity index (χ2n) is 1.50. The summed E-state index contributed by atoms with van der Waals surface area (Å²) in [4.78, 5) is 7.39. The van der Waals surface area contributed by atoms with Gasteiger partial charge in [0.15, 0.2) is 0 Å². The third-order valence-electron chi connectivity index (χ3n) is 0.743. The molecule has 0 aliphatic heterocycles. The maximum Gasteiger partial charge on any atom is 0.103 e. The van der Waals surface area contributed by atoms with Crippen molar-refractivity contribution in [2.75, 3.05) is 5.73 Å². The van der Waals surface area contributed by atoms with Crippen LogP contribution in [0.4, 0.5) is 5.95 Å². The fourth-order valence-electron chi connectivity index (χ4n) is 0.430. The number of nitrogen functional groups attached to an aromatic ring is 1. The van der Waals surface area contributed by atoms with Crippen LogP contribution in [0.3, 0.4) is 0 Å². The Morgan fingerprint density at radius 1 is 1.36 bits per heavy atom. The molecule has 51 valence electrons. The van der Waals surface area contributed by atoms with Gasteiger partial charge in [-0.05, 0) is 0 Å². The zero-order chi connectivity index (χ0) is 5.98. The molecule has 1 heterocycles. The van der Waals surface area contributed by atoms with Crippen molar-refractivity contribution in [2.24, 2.45) is 0 Å². The zero-order valence-corrected chi connectivity index (χ0v) is 14.8. The average molecular weight is 375 g/mol. The summed E-state index contributed by atoms with van der Waals surface area (Å²) in [6, 6.07) is 1.68. The molecule has 0 saturated heterocycles. The van der Waals surface area contributed by atoms with Crippen LogP contribution in [0.1, 0.15) is 5.69 Å². The standard InChI is InChI=1S/C5H6N3.3Y/c1-4-2-3-7-5(6)8-4;;;/h2H,1H3,(H2,6,7,8);;;/q-1;;;. The molecule has 1 aromatic heterocycles. The van der Waals surface area contributed by atoms with Crippen LogP contribution < -0.4 is 5.73 Å². The fraction of sp³-hybridized carbons (Fsp3) is 0.200. The number of rotatable bonds is 0. The molecule has 0 unspecified atom stereocenters. The molecule has 0 saturated carbocycles. The molecular weight excluding hydrogens is 369 g/mol. The Labute approximate surface area is 142 Å². The van der Waals surface area contributed by atoms with Crippen LogP contribution in [-0.4, -0.2) is 9.97 Å². The number of hydrogen-bond acceptors (Lipinski definition) is 3. The van der Waals surface area contributed by atoms with Crippen LogP contribution in [0, 0.1) is 13.1 Å². The molecule has 0 atom stereocenters. The number of nitrogens with two attached hydrogens (primary N) is 1. The molecule has 1 aromatic rings. The van der Waals surface area contributed by atoms with E-state index in [4.69, 9.17) is 5.73 Å². The molecule has 0 aliphatic rings. The Hall–Kier alpha value is 2.19. The zero-order valence-electron chi connectivity index (χ0n) is 6.28. The number of hydrogen-bond donors (Lipinski definition) is 1. The van der Waals surface area contributed by atoms with E-state index < -0.39 is 0 Å². The molecular formula is C5H6N3Y3-. The Balaban J connectivity index is -0.000000213. The van der Waals surface area contributed by atoms with Gasteiger partial charge < -0.3 is 15.7 Å². The molecule has 3 radical (unpaired) electrons. The van der Waals surface area contributed by atoms with Crippen molar-refractivity contribution in [1.29, 1.82) is 0 Å². The second-order valence-corrected chi connectivity index (χ2v) is 1.50. The first-order valence-electron chi connectivity index (χ1n) is 2.26. The topological polar surface area (TPSA) is 51.8 Å². The van der Waals surface area contributed by atoms with E-state index in [1.165, 1.54) is 0 Å². The maximum atomic E-state index is 5.21. The Morgan fingerprint density at radius 2 is 1.91 bits per heavy atom. The quantitative estimate of drug-likeness (QED) is 0.658. The summed E-state index contributed by atoms with van der Waals surface area (Å²) in [5.41, 5.74) is 6.05. The van der Waals surface area contributed by atoms with Gasteiger partial charge in [-0.15, -0.1) is 6.07 Å². The van der Waals surface area contributed by atoms with E-state index >= 15 is 0 Å². The second kappa shape index (κ2) is 10.3. The predicted octanol–water partition coefficient (Wildman–Crippen LogP) is 0.160. The maximum absolute atomic E-state index is 5.21. The van der Waals surface area contributed by atoms with Gasteiger partial charge in [0, 0.05) is 98.1 Å².